The van der Waals surface area contributed by atoms with Crippen molar-refractivity contribution < 1.29 is 9.85 Å². The average molecular weight is 185 g/mol. The molecule has 1 N–H and O–H groups in total. The van der Waals surface area contributed by atoms with Crippen LogP contribution in [-0.2, 0) is 0 Å². The maximum atomic E-state index is 11.1. The first kappa shape index (κ1) is 10.5. The fourth-order valence-corrected chi connectivity index (χ4v) is 1.76. The Morgan fingerprint density at radius 3 is 3.00 bits per heavy atom. The van der Waals surface area contributed by atoms with Gasteiger partial charge in [-0.05, 0) is 6.42 Å². The van der Waals surface area contributed by atoms with Gasteiger partial charge in [0, 0.05) is 19.3 Å². The van der Waals surface area contributed by atoms with Gasteiger partial charge in [-0.3, -0.25) is 0 Å². The van der Waals surface area contributed by atoms with E-state index in [4.69, 9.17) is 0 Å². The first-order chi connectivity index (χ1) is 6.24. The van der Waals surface area contributed by atoms with Crippen LogP contribution in [0.15, 0.2) is 0 Å². The van der Waals surface area contributed by atoms with Crippen LogP contribution in [0.4, 0.5) is 0 Å². The molecule has 1 aliphatic rings. The Morgan fingerprint density at radius 2 is 2.46 bits per heavy atom. The summed E-state index contributed by atoms with van der Waals surface area (Å²) in [6, 6.07) is 0.0341. The van der Waals surface area contributed by atoms with Crippen molar-refractivity contribution in [1.82, 2.24) is 0 Å². The van der Waals surface area contributed by atoms with Gasteiger partial charge in [0.15, 0.2) is 12.3 Å². The fourth-order valence-electron chi connectivity index (χ4n) is 1.76. The van der Waals surface area contributed by atoms with Gasteiger partial charge in [-0.25, -0.2) is 4.74 Å². The second-order valence-electron chi connectivity index (χ2n) is 3.81. The molecule has 1 aliphatic heterocycles. The molecule has 1 rings (SSSR count). The minimum atomic E-state index is -0.284. The summed E-state index contributed by atoms with van der Waals surface area (Å²) in [6.07, 6.45) is 6.80. The zero-order valence-corrected chi connectivity index (χ0v) is 8.28. The molecule has 0 aromatic rings. The number of aliphatic hydroxyl groups excluding tert-OH is 1. The lowest BCUT2D eigenvalue weighted by molar-refractivity contribution is -0.491. The van der Waals surface area contributed by atoms with Crippen LogP contribution in [0.25, 0.3) is 0 Å². The molecule has 0 aliphatic carbocycles. The Kier molecular flexibility index (Phi) is 4.22. The van der Waals surface area contributed by atoms with Crippen molar-refractivity contribution in [3.05, 3.63) is 5.21 Å². The van der Waals surface area contributed by atoms with Crippen LogP contribution in [0.3, 0.4) is 0 Å². The highest BCUT2D eigenvalue weighted by Gasteiger charge is 2.24. The molecule has 3 heteroatoms. The third kappa shape index (κ3) is 3.35. The van der Waals surface area contributed by atoms with E-state index >= 15 is 0 Å². The summed E-state index contributed by atoms with van der Waals surface area (Å²) in [4.78, 5) is 0. The molecule has 76 valence electrons. The van der Waals surface area contributed by atoms with Gasteiger partial charge >= 0.3 is 0 Å². The first-order valence-corrected chi connectivity index (χ1v) is 5.21. The molecule has 0 aromatic carbocycles. The second kappa shape index (κ2) is 5.22. The molecular formula is C10H19NO2. The molecule has 0 fully saturated rings. The SMILES string of the molecule is CCCC[C@@H](O)C[C@H]1CCC=[N+]1[O-]. The van der Waals surface area contributed by atoms with Gasteiger partial charge in [0.2, 0.25) is 0 Å². The molecule has 0 bridgehead atoms. The lowest BCUT2D eigenvalue weighted by atomic mass is 10.0. The molecule has 0 spiro atoms. The van der Waals surface area contributed by atoms with Crippen LogP contribution in [0, 0.1) is 5.21 Å². The maximum Gasteiger partial charge on any atom is 0.165 e. The normalized spacial score (nSPS) is 24.5. The Labute approximate surface area is 79.7 Å². The van der Waals surface area contributed by atoms with Crippen LogP contribution in [-0.4, -0.2) is 28.2 Å². The van der Waals surface area contributed by atoms with Crippen molar-refractivity contribution in [3.8, 4) is 0 Å². The number of hydrogen-bond donors (Lipinski definition) is 1. The van der Waals surface area contributed by atoms with Gasteiger partial charge < -0.3 is 10.3 Å². The van der Waals surface area contributed by atoms with Crippen molar-refractivity contribution in [1.29, 1.82) is 0 Å². The smallest absolute Gasteiger partial charge is 0.165 e. The Hall–Kier alpha value is -0.570. The van der Waals surface area contributed by atoms with E-state index in [9.17, 15) is 10.3 Å². The number of unbranched alkanes of at least 4 members (excludes halogenated alkanes) is 1. The van der Waals surface area contributed by atoms with Gasteiger partial charge in [-0.2, -0.15) is 0 Å². The zero-order chi connectivity index (χ0) is 9.68. The number of hydrogen-bond acceptors (Lipinski definition) is 2. The van der Waals surface area contributed by atoms with Crippen molar-refractivity contribution in [2.45, 2.75) is 57.6 Å². The predicted octanol–water partition coefficient (Wildman–Crippen LogP) is 1.67. The molecule has 1 heterocycles. The molecule has 3 nitrogen and oxygen atoms in total. The molecule has 0 radical (unpaired) electrons. The Bertz CT molecular complexity index is 180. The first-order valence-electron chi connectivity index (χ1n) is 5.21. The largest absolute Gasteiger partial charge is 0.624 e. The van der Waals surface area contributed by atoms with E-state index < -0.39 is 0 Å². The Morgan fingerprint density at radius 1 is 1.69 bits per heavy atom. The van der Waals surface area contributed by atoms with Crippen LogP contribution in [0.1, 0.15) is 45.4 Å². The summed E-state index contributed by atoms with van der Waals surface area (Å²) in [5, 5.41) is 20.7. The van der Waals surface area contributed by atoms with E-state index in [-0.39, 0.29) is 12.1 Å². The molecule has 0 aromatic heterocycles. The van der Waals surface area contributed by atoms with Crippen molar-refractivity contribution in [2.24, 2.45) is 0 Å². The molecular weight excluding hydrogens is 166 g/mol. The fraction of sp³-hybridized carbons (Fsp3) is 0.900. The van der Waals surface area contributed by atoms with E-state index in [1.165, 1.54) is 0 Å². The third-order valence-electron chi connectivity index (χ3n) is 2.60. The summed E-state index contributed by atoms with van der Waals surface area (Å²) in [5.74, 6) is 0. The molecule has 0 unspecified atom stereocenters. The Balaban J connectivity index is 2.20. The van der Waals surface area contributed by atoms with Crippen molar-refractivity contribution in [3.63, 3.8) is 0 Å². The summed E-state index contributed by atoms with van der Waals surface area (Å²) in [6.45, 7) is 2.11. The summed E-state index contributed by atoms with van der Waals surface area (Å²) in [5.41, 5.74) is 0. The van der Waals surface area contributed by atoms with E-state index in [1.54, 1.807) is 6.21 Å². The van der Waals surface area contributed by atoms with Gasteiger partial charge in [-0.1, -0.05) is 19.8 Å². The molecule has 0 saturated heterocycles. The highest BCUT2D eigenvalue weighted by molar-refractivity contribution is 5.52. The minimum Gasteiger partial charge on any atom is -0.624 e. The highest BCUT2D eigenvalue weighted by Crippen LogP contribution is 2.16. The number of nitrogens with zero attached hydrogens (tertiary/aromatic N) is 1. The highest BCUT2D eigenvalue weighted by atomic mass is 16.5. The van der Waals surface area contributed by atoms with E-state index in [0.717, 1.165) is 36.8 Å². The standard InChI is InChI=1S/C10H19NO2/c1-2-3-6-10(12)8-9-5-4-7-11(9)13/h7,9-10,12H,2-6,8H2,1H3/t9-,10-/m1/s1. The molecule has 0 saturated carbocycles. The number of rotatable bonds is 5. The monoisotopic (exact) mass is 185 g/mol. The van der Waals surface area contributed by atoms with Gasteiger partial charge in [0.25, 0.3) is 0 Å². The van der Waals surface area contributed by atoms with E-state index in [1.807, 2.05) is 0 Å². The zero-order valence-electron chi connectivity index (χ0n) is 8.28. The summed E-state index contributed by atoms with van der Waals surface area (Å²) < 4.78 is 1.01. The summed E-state index contributed by atoms with van der Waals surface area (Å²) >= 11 is 0. The second-order valence-corrected chi connectivity index (χ2v) is 3.81. The molecule has 0 amide bonds. The predicted molar refractivity (Wildman–Crippen MR) is 52.9 cm³/mol. The topological polar surface area (TPSA) is 46.3 Å². The minimum absolute atomic E-state index is 0.0341. The average Bonchev–Trinajstić information content (AvgIpc) is 2.48. The number of hydroxylamine groups is 1. The van der Waals surface area contributed by atoms with Crippen LogP contribution < -0.4 is 0 Å². The van der Waals surface area contributed by atoms with Crippen molar-refractivity contribution in [2.75, 3.05) is 0 Å². The summed E-state index contributed by atoms with van der Waals surface area (Å²) in [7, 11) is 0. The van der Waals surface area contributed by atoms with Crippen LogP contribution in [0.2, 0.25) is 0 Å². The van der Waals surface area contributed by atoms with Crippen LogP contribution >= 0.6 is 0 Å². The van der Waals surface area contributed by atoms with E-state index in [2.05, 4.69) is 6.92 Å². The maximum absolute atomic E-state index is 11.1. The van der Waals surface area contributed by atoms with Gasteiger partial charge in [0.05, 0.1) is 6.10 Å². The lowest BCUT2D eigenvalue weighted by Crippen LogP contribution is -2.23. The quantitative estimate of drug-likeness (QED) is 0.523. The lowest BCUT2D eigenvalue weighted by Gasteiger charge is -2.15. The van der Waals surface area contributed by atoms with Gasteiger partial charge in [-0.15, -0.1) is 0 Å². The molecule has 13 heavy (non-hydrogen) atoms. The van der Waals surface area contributed by atoms with Gasteiger partial charge in [0.1, 0.15) is 0 Å². The molecule has 2 atom stereocenters. The number of aliphatic hydroxyl groups is 1. The van der Waals surface area contributed by atoms with Crippen molar-refractivity contribution >= 4 is 6.21 Å². The third-order valence-corrected chi connectivity index (χ3v) is 2.60. The van der Waals surface area contributed by atoms with Crippen LogP contribution in [0.5, 0.6) is 0 Å². The van der Waals surface area contributed by atoms with E-state index in [0.29, 0.717) is 6.42 Å².